The van der Waals surface area contributed by atoms with Crippen molar-refractivity contribution in [2.75, 3.05) is 0 Å². The Morgan fingerprint density at radius 1 is 1.33 bits per heavy atom. The molecule has 3 N–H and O–H groups in total. The Morgan fingerprint density at radius 2 is 2.00 bits per heavy atom. The van der Waals surface area contributed by atoms with Gasteiger partial charge in [-0.3, -0.25) is 14.9 Å². The van der Waals surface area contributed by atoms with Crippen molar-refractivity contribution in [3.05, 3.63) is 39.4 Å². The van der Waals surface area contributed by atoms with E-state index in [2.05, 4.69) is 5.32 Å². The van der Waals surface area contributed by atoms with Gasteiger partial charge in [0.25, 0.3) is 5.91 Å². The fourth-order valence-electron chi connectivity index (χ4n) is 2.46. The lowest BCUT2D eigenvalue weighted by Crippen LogP contribution is -2.49. The van der Waals surface area contributed by atoms with Gasteiger partial charge in [0.15, 0.2) is 0 Å². The highest BCUT2D eigenvalue weighted by atomic mass is 19.1. The summed E-state index contributed by atoms with van der Waals surface area (Å²) >= 11 is 0. The largest absolute Gasteiger partial charge is 0.348 e. The van der Waals surface area contributed by atoms with Crippen LogP contribution in [0, 0.1) is 21.7 Å². The Balaban J connectivity index is 2.24. The van der Waals surface area contributed by atoms with Crippen molar-refractivity contribution in [1.29, 1.82) is 0 Å². The number of nitrogens with one attached hydrogen (secondary N) is 1. The maximum atomic E-state index is 13.9. The summed E-state index contributed by atoms with van der Waals surface area (Å²) in [7, 11) is 0. The summed E-state index contributed by atoms with van der Waals surface area (Å²) in [5.74, 6) is -3.28. The molecule has 114 valence electrons. The monoisotopic (exact) mass is 299 g/mol. The first kappa shape index (κ1) is 15.3. The van der Waals surface area contributed by atoms with Crippen molar-refractivity contribution in [2.45, 2.75) is 37.8 Å². The lowest BCUT2D eigenvalue weighted by Gasteiger charge is -2.29. The van der Waals surface area contributed by atoms with Gasteiger partial charge in [0.1, 0.15) is 5.82 Å². The van der Waals surface area contributed by atoms with Crippen molar-refractivity contribution in [3.8, 4) is 0 Å². The second-order valence-electron chi connectivity index (χ2n) is 5.07. The Labute approximate surface area is 119 Å². The number of carbonyl (C=O) groups is 1. The van der Waals surface area contributed by atoms with Crippen LogP contribution in [0.3, 0.4) is 0 Å². The van der Waals surface area contributed by atoms with Gasteiger partial charge in [0.2, 0.25) is 5.82 Å². The standard InChI is InChI=1S/C13H15F2N3O3/c14-7-5-8(12(15)11(6-7)18(20)21)13(19)17-10-4-2-1-3-9(10)16/h5-6,9-10H,1-4,16H2,(H,17,19). The predicted octanol–water partition coefficient (Wildman–Crippen LogP) is 1.87. The van der Waals surface area contributed by atoms with Gasteiger partial charge >= 0.3 is 5.69 Å². The molecule has 1 aliphatic rings. The highest BCUT2D eigenvalue weighted by Gasteiger charge is 2.28. The molecule has 1 aromatic carbocycles. The molecule has 21 heavy (non-hydrogen) atoms. The van der Waals surface area contributed by atoms with Crippen LogP contribution in [0.15, 0.2) is 12.1 Å². The number of amides is 1. The molecular weight excluding hydrogens is 284 g/mol. The van der Waals surface area contributed by atoms with E-state index in [9.17, 15) is 23.7 Å². The van der Waals surface area contributed by atoms with E-state index in [-0.39, 0.29) is 12.1 Å². The maximum absolute atomic E-state index is 13.9. The molecule has 0 radical (unpaired) electrons. The van der Waals surface area contributed by atoms with Gasteiger partial charge in [0, 0.05) is 12.1 Å². The molecule has 1 saturated carbocycles. The minimum absolute atomic E-state index is 0.255. The molecule has 0 aromatic heterocycles. The number of benzene rings is 1. The van der Waals surface area contributed by atoms with Crippen LogP contribution in [0.1, 0.15) is 36.0 Å². The lowest BCUT2D eigenvalue weighted by molar-refractivity contribution is -0.387. The van der Waals surface area contributed by atoms with Gasteiger partial charge in [0.05, 0.1) is 16.6 Å². The quantitative estimate of drug-likeness (QED) is 0.657. The molecular formula is C13H15F2N3O3. The van der Waals surface area contributed by atoms with Crippen LogP contribution in [0.2, 0.25) is 0 Å². The molecule has 1 amide bonds. The van der Waals surface area contributed by atoms with E-state index in [0.717, 1.165) is 19.3 Å². The van der Waals surface area contributed by atoms with Crippen molar-refractivity contribution in [3.63, 3.8) is 0 Å². The number of nitrogens with zero attached hydrogens (tertiary/aromatic N) is 1. The lowest BCUT2D eigenvalue weighted by atomic mass is 9.91. The first-order chi connectivity index (χ1) is 9.90. The topological polar surface area (TPSA) is 98.3 Å². The minimum Gasteiger partial charge on any atom is -0.348 e. The van der Waals surface area contributed by atoms with E-state index < -0.39 is 33.7 Å². The molecule has 6 nitrogen and oxygen atoms in total. The van der Waals surface area contributed by atoms with Crippen LogP contribution < -0.4 is 11.1 Å². The van der Waals surface area contributed by atoms with Gasteiger partial charge in [-0.1, -0.05) is 12.8 Å². The summed E-state index contributed by atoms with van der Waals surface area (Å²) in [6.45, 7) is 0. The van der Waals surface area contributed by atoms with E-state index >= 15 is 0 Å². The Hall–Kier alpha value is -2.09. The predicted molar refractivity (Wildman–Crippen MR) is 70.7 cm³/mol. The van der Waals surface area contributed by atoms with Crippen LogP contribution in [0.5, 0.6) is 0 Å². The summed E-state index contributed by atoms with van der Waals surface area (Å²) in [6, 6.07) is 0.493. The second kappa shape index (κ2) is 6.13. The third-order valence-electron chi connectivity index (χ3n) is 3.60. The zero-order valence-electron chi connectivity index (χ0n) is 11.1. The number of carbonyl (C=O) groups excluding carboxylic acids is 1. The highest BCUT2D eigenvalue weighted by molar-refractivity contribution is 5.95. The first-order valence-corrected chi connectivity index (χ1v) is 6.60. The summed E-state index contributed by atoms with van der Waals surface area (Å²) in [4.78, 5) is 21.6. The van der Waals surface area contributed by atoms with Crippen molar-refractivity contribution >= 4 is 11.6 Å². The molecule has 2 unspecified atom stereocenters. The zero-order chi connectivity index (χ0) is 15.6. The van der Waals surface area contributed by atoms with E-state index in [0.29, 0.717) is 18.6 Å². The highest BCUT2D eigenvalue weighted by Crippen LogP contribution is 2.23. The van der Waals surface area contributed by atoms with E-state index in [4.69, 9.17) is 5.73 Å². The van der Waals surface area contributed by atoms with E-state index in [1.165, 1.54) is 0 Å². The van der Waals surface area contributed by atoms with Crippen LogP contribution in [0.25, 0.3) is 0 Å². The van der Waals surface area contributed by atoms with Crippen LogP contribution in [0.4, 0.5) is 14.5 Å². The molecule has 2 rings (SSSR count). The van der Waals surface area contributed by atoms with Crippen LogP contribution in [-0.4, -0.2) is 22.9 Å². The van der Waals surface area contributed by atoms with Crippen molar-refractivity contribution in [1.82, 2.24) is 5.32 Å². The summed E-state index contributed by atoms with van der Waals surface area (Å²) in [5, 5.41) is 13.2. The minimum atomic E-state index is -1.34. The Kier molecular flexibility index (Phi) is 4.46. The third kappa shape index (κ3) is 3.33. The van der Waals surface area contributed by atoms with Gasteiger partial charge in [-0.05, 0) is 18.9 Å². The van der Waals surface area contributed by atoms with Crippen LogP contribution >= 0.6 is 0 Å². The van der Waals surface area contributed by atoms with Gasteiger partial charge in [-0.25, -0.2) is 4.39 Å². The van der Waals surface area contributed by atoms with Crippen molar-refractivity contribution in [2.24, 2.45) is 5.73 Å². The van der Waals surface area contributed by atoms with Gasteiger partial charge in [-0.2, -0.15) is 4.39 Å². The number of hydrogen-bond donors (Lipinski definition) is 2. The molecule has 2 atom stereocenters. The molecule has 0 spiro atoms. The maximum Gasteiger partial charge on any atom is 0.308 e. The Morgan fingerprint density at radius 3 is 2.62 bits per heavy atom. The zero-order valence-corrected chi connectivity index (χ0v) is 11.1. The van der Waals surface area contributed by atoms with Crippen LogP contribution in [-0.2, 0) is 0 Å². The fraction of sp³-hybridized carbons (Fsp3) is 0.462. The average molecular weight is 299 g/mol. The fourth-order valence-corrected chi connectivity index (χ4v) is 2.46. The number of nitro benzene ring substituents is 1. The molecule has 0 heterocycles. The average Bonchev–Trinajstić information content (AvgIpc) is 2.43. The normalized spacial score (nSPS) is 21.9. The first-order valence-electron chi connectivity index (χ1n) is 6.60. The van der Waals surface area contributed by atoms with E-state index in [1.54, 1.807) is 0 Å². The molecule has 1 fully saturated rings. The molecule has 8 heteroatoms. The molecule has 1 aliphatic carbocycles. The molecule has 0 aliphatic heterocycles. The second-order valence-corrected chi connectivity index (χ2v) is 5.07. The number of rotatable bonds is 3. The van der Waals surface area contributed by atoms with Crippen molar-refractivity contribution < 1.29 is 18.5 Å². The molecule has 0 saturated heterocycles. The molecule has 0 bridgehead atoms. The number of hydrogen-bond acceptors (Lipinski definition) is 4. The number of nitro groups is 1. The molecule has 1 aromatic rings. The third-order valence-corrected chi connectivity index (χ3v) is 3.60. The van der Waals surface area contributed by atoms with E-state index in [1.807, 2.05) is 0 Å². The number of nitrogens with two attached hydrogens (primary N) is 1. The SMILES string of the molecule is NC1CCCCC1NC(=O)c1cc(F)cc([N+](=O)[O-])c1F. The summed E-state index contributed by atoms with van der Waals surface area (Å²) in [5.41, 5.74) is 4.12. The number of halogens is 2. The summed E-state index contributed by atoms with van der Waals surface area (Å²) < 4.78 is 27.2. The Bertz CT molecular complexity index is 580. The van der Waals surface area contributed by atoms with Gasteiger partial charge < -0.3 is 11.1 Å². The summed E-state index contributed by atoms with van der Waals surface area (Å²) in [6.07, 6.45) is 3.21. The van der Waals surface area contributed by atoms with Gasteiger partial charge in [-0.15, -0.1) is 0 Å². The smallest absolute Gasteiger partial charge is 0.308 e.